The van der Waals surface area contributed by atoms with Crippen LogP contribution in [-0.2, 0) is 4.79 Å². The van der Waals surface area contributed by atoms with Crippen LogP contribution in [0.3, 0.4) is 0 Å². The Hall–Kier alpha value is -2.63. The molecule has 22 heavy (non-hydrogen) atoms. The summed E-state index contributed by atoms with van der Waals surface area (Å²) in [5.74, 6) is 0.907. The van der Waals surface area contributed by atoms with Crippen molar-refractivity contribution in [1.29, 1.82) is 0 Å². The van der Waals surface area contributed by atoms with Crippen LogP contribution in [-0.4, -0.2) is 32.5 Å². The highest BCUT2D eigenvalue weighted by Gasteiger charge is 2.30. The number of aromatic amines is 1. The Labute approximate surface area is 127 Å². The van der Waals surface area contributed by atoms with Gasteiger partial charge in [-0.25, -0.2) is 4.98 Å². The van der Waals surface area contributed by atoms with E-state index in [-0.39, 0.29) is 11.9 Å². The standard InChI is InChI=1S/C16H16N4O2/c1-10(21)19-8-3-5-14(19)16-17-12-6-7-13-11(15(12)18-16)4-2-9-20(13)22/h2,4,6-7,9,14,22H,3,5,8H2,1H3/p+1/t14-/m1/s1. The predicted octanol–water partition coefficient (Wildman–Crippen LogP) is 1.92. The third-order valence-electron chi connectivity index (χ3n) is 4.40. The number of hydrogen-bond acceptors (Lipinski definition) is 3. The van der Waals surface area contributed by atoms with E-state index in [4.69, 9.17) is 0 Å². The van der Waals surface area contributed by atoms with E-state index in [1.54, 1.807) is 19.2 Å². The lowest BCUT2D eigenvalue weighted by Gasteiger charge is -2.21. The topological polar surface area (TPSA) is 73.1 Å². The molecule has 2 N–H and O–H groups in total. The van der Waals surface area contributed by atoms with Gasteiger partial charge in [0, 0.05) is 30.3 Å². The maximum Gasteiger partial charge on any atom is 0.266 e. The molecule has 0 unspecified atom stereocenters. The largest absolute Gasteiger partial charge is 0.340 e. The zero-order valence-corrected chi connectivity index (χ0v) is 12.3. The van der Waals surface area contributed by atoms with Crippen molar-refractivity contribution in [3.8, 4) is 0 Å². The first-order valence-electron chi connectivity index (χ1n) is 7.44. The van der Waals surface area contributed by atoms with Crippen LogP contribution >= 0.6 is 0 Å². The van der Waals surface area contributed by atoms with Gasteiger partial charge >= 0.3 is 0 Å². The molecule has 0 aliphatic carbocycles. The molecule has 0 radical (unpaired) electrons. The van der Waals surface area contributed by atoms with Gasteiger partial charge in [0.05, 0.1) is 22.5 Å². The lowest BCUT2D eigenvalue weighted by atomic mass is 10.2. The molecule has 1 amide bonds. The fraction of sp³-hybridized carbons (Fsp3) is 0.312. The normalized spacial score (nSPS) is 18.4. The maximum absolute atomic E-state index is 11.7. The summed E-state index contributed by atoms with van der Waals surface area (Å²) < 4.78 is 1.10. The van der Waals surface area contributed by atoms with Crippen LogP contribution in [0.5, 0.6) is 0 Å². The summed E-state index contributed by atoms with van der Waals surface area (Å²) in [6.07, 6.45) is 3.52. The van der Waals surface area contributed by atoms with Gasteiger partial charge in [-0.2, -0.15) is 0 Å². The molecule has 4 rings (SSSR count). The smallest absolute Gasteiger partial charge is 0.266 e. The number of nitrogens with one attached hydrogen (secondary N) is 1. The highest BCUT2D eigenvalue weighted by molar-refractivity contribution is 6.01. The van der Waals surface area contributed by atoms with Gasteiger partial charge in [-0.15, -0.1) is 0 Å². The van der Waals surface area contributed by atoms with E-state index in [1.165, 1.54) is 0 Å². The summed E-state index contributed by atoms with van der Waals surface area (Å²) in [7, 11) is 0. The third-order valence-corrected chi connectivity index (χ3v) is 4.40. The first-order chi connectivity index (χ1) is 10.6. The molecule has 1 fully saturated rings. The molecule has 1 saturated heterocycles. The molecule has 0 spiro atoms. The van der Waals surface area contributed by atoms with Crippen LogP contribution in [0.15, 0.2) is 30.5 Å². The monoisotopic (exact) mass is 297 g/mol. The van der Waals surface area contributed by atoms with Crippen LogP contribution in [0.4, 0.5) is 0 Å². The minimum atomic E-state index is 0.0184. The second-order valence-electron chi connectivity index (χ2n) is 5.74. The van der Waals surface area contributed by atoms with Gasteiger partial charge in [0.1, 0.15) is 5.82 Å². The Morgan fingerprint density at radius 3 is 3.14 bits per heavy atom. The van der Waals surface area contributed by atoms with Crippen LogP contribution in [0.25, 0.3) is 21.9 Å². The summed E-state index contributed by atoms with van der Waals surface area (Å²) >= 11 is 0. The van der Waals surface area contributed by atoms with Crippen molar-refractivity contribution in [2.45, 2.75) is 25.8 Å². The number of fused-ring (bicyclic) bond motifs is 3. The van der Waals surface area contributed by atoms with Gasteiger partial charge in [0.2, 0.25) is 12.1 Å². The van der Waals surface area contributed by atoms with Gasteiger partial charge in [-0.3, -0.25) is 10.0 Å². The molecular weight excluding hydrogens is 280 g/mol. The summed E-state index contributed by atoms with van der Waals surface area (Å²) in [4.78, 5) is 21.6. The number of H-pyrrole nitrogens is 1. The van der Waals surface area contributed by atoms with Crippen molar-refractivity contribution in [3.05, 3.63) is 36.3 Å². The van der Waals surface area contributed by atoms with Crippen molar-refractivity contribution in [3.63, 3.8) is 0 Å². The molecule has 3 aromatic rings. The number of carbonyl (C=O) groups is 1. The number of imidazole rings is 1. The number of amides is 1. The van der Waals surface area contributed by atoms with Crippen molar-refractivity contribution in [1.82, 2.24) is 14.9 Å². The van der Waals surface area contributed by atoms with Crippen molar-refractivity contribution < 1.29 is 14.7 Å². The number of nitrogens with zero attached hydrogens (tertiary/aromatic N) is 3. The lowest BCUT2D eigenvalue weighted by molar-refractivity contribution is -0.884. The zero-order chi connectivity index (χ0) is 15.3. The van der Waals surface area contributed by atoms with Crippen molar-refractivity contribution in [2.75, 3.05) is 6.54 Å². The Morgan fingerprint density at radius 1 is 1.45 bits per heavy atom. The van der Waals surface area contributed by atoms with Crippen LogP contribution in [0.2, 0.25) is 0 Å². The molecule has 3 heterocycles. The molecule has 1 aliphatic rings. The SMILES string of the molecule is CC(=O)N1CCC[C@@H]1c1nc2ccc3c(ccc[n+]3O)c2[nH]1. The maximum atomic E-state index is 11.7. The number of aromatic nitrogens is 3. The van der Waals surface area contributed by atoms with Gasteiger partial charge in [-0.05, 0) is 25.0 Å². The van der Waals surface area contributed by atoms with E-state index in [1.807, 2.05) is 23.1 Å². The number of rotatable bonds is 1. The third kappa shape index (κ3) is 1.83. The molecule has 112 valence electrons. The predicted molar refractivity (Wildman–Crippen MR) is 80.3 cm³/mol. The lowest BCUT2D eigenvalue weighted by Crippen LogP contribution is -2.29. The van der Waals surface area contributed by atoms with Crippen molar-refractivity contribution in [2.24, 2.45) is 0 Å². The first kappa shape index (κ1) is 13.1. The number of carbonyl (C=O) groups excluding carboxylic acids is 1. The summed E-state index contributed by atoms with van der Waals surface area (Å²) in [6, 6.07) is 7.49. The van der Waals surface area contributed by atoms with E-state index in [2.05, 4.69) is 9.97 Å². The fourth-order valence-electron chi connectivity index (χ4n) is 3.36. The molecule has 6 nitrogen and oxygen atoms in total. The highest BCUT2D eigenvalue weighted by atomic mass is 16.5. The van der Waals surface area contributed by atoms with Gasteiger partial charge in [0.15, 0.2) is 0 Å². The van der Waals surface area contributed by atoms with Gasteiger partial charge < -0.3 is 9.88 Å². The van der Waals surface area contributed by atoms with E-state index in [9.17, 15) is 10.0 Å². The summed E-state index contributed by atoms with van der Waals surface area (Å²) in [5, 5.41) is 10.8. The van der Waals surface area contributed by atoms with Crippen molar-refractivity contribution >= 4 is 27.8 Å². The number of pyridine rings is 1. The van der Waals surface area contributed by atoms with E-state index in [0.717, 1.165) is 51.9 Å². The molecule has 1 aliphatic heterocycles. The fourth-order valence-corrected chi connectivity index (χ4v) is 3.36. The van der Waals surface area contributed by atoms with E-state index < -0.39 is 0 Å². The quantitative estimate of drug-likeness (QED) is 0.532. The van der Waals surface area contributed by atoms with Crippen LogP contribution in [0, 0.1) is 0 Å². The Bertz CT molecular complexity index is 886. The molecule has 6 heteroatoms. The Balaban J connectivity index is 1.89. The minimum Gasteiger partial charge on any atom is -0.340 e. The molecule has 1 aromatic carbocycles. The average Bonchev–Trinajstić information content (AvgIpc) is 3.13. The molecular formula is C16H17N4O2+. The Kier molecular flexibility index (Phi) is 2.79. The molecule has 2 aromatic heterocycles. The minimum absolute atomic E-state index is 0.0184. The van der Waals surface area contributed by atoms with Crippen LogP contribution in [0.1, 0.15) is 31.6 Å². The summed E-state index contributed by atoms with van der Waals surface area (Å²) in [5.41, 5.74) is 2.47. The second-order valence-corrected chi connectivity index (χ2v) is 5.74. The average molecular weight is 297 g/mol. The first-order valence-corrected chi connectivity index (χ1v) is 7.44. The van der Waals surface area contributed by atoms with E-state index in [0.29, 0.717) is 0 Å². The number of benzene rings is 1. The Morgan fingerprint density at radius 2 is 2.32 bits per heavy atom. The van der Waals surface area contributed by atoms with Crippen LogP contribution < -0.4 is 4.73 Å². The van der Waals surface area contributed by atoms with E-state index >= 15 is 0 Å². The number of likely N-dealkylation sites (tertiary alicyclic amines) is 1. The second kappa shape index (κ2) is 4.69. The molecule has 1 atom stereocenters. The van der Waals surface area contributed by atoms with Gasteiger partial charge in [0.25, 0.3) is 5.52 Å². The number of hydrogen-bond donors (Lipinski definition) is 2. The zero-order valence-electron chi connectivity index (χ0n) is 12.3. The molecule has 0 bridgehead atoms. The highest BCUT2D eigenvalue weighted by Crippen LogP contribution is 2.32. The summed E-state index contributed by atoms with van der Waals surface area (Å²) in [6.45, 7) is 2.39. The molecule has 0 saturated carbocycles. The van der Waals surface area contributed by atoms with Gasteiger partial charge in [-0.1, -0.05) is 0 Å².